The predicted octanol–water partition coefficient (Wildman–Crippen LogP) is 4.94. The van der Waals surface area contributed by atoms with E-state index in [4.69, 9.17) is 9.42 Å². The van der Waals surface area contributed by atoms with Crippen LogP contribution in [-0.2, 0) is 0 Å². The van der Waals surface area contributed by atoms with E-state index in [1.807, 2.05) is 19.1 Å². The number of hydrogen-bond donors (Lipinski definition) is 0. The van der Waals surface area contributed by atoms with E-state index in [1.165, 1.54) is 10.4 Å². The molecule has 4 heteroatoms. The molecule has 19 heavy (non-hydrogen) atoms. The van der Waals surface area contributed by atoms with Gasteiger partial charge in [-0.3, -0.25) is 0 Å². The van der Waals surface area contributed by atoms with Gasteiger partial charge < -0.3 is 4.43 Å². The lowest BCUT2D eigenvalue weighted by molar-refractivity contribution is 0.582. The minimum atomic E-state index is -0.777. The lowest BCUT2D eigenvalue weighted by Gasteiger charge is -2.12. The molecule has 0 aliphatic heterocycles. The Morgan fingerprint density at radius 3 is 2.74 bits per heavy atom. The van der Waals surface area contributed by atoms with E-state index in [0.717, 1.165) is 17.1 Å². The SMILES string of the molecule is CC(=Nc1cc(C)ccc1O[Si](C)C)c1cccs1.[H+]. The highest BCUT2D eigenvalue weighted by Gasteiger charge is 2.08. The van der Waals surface area contributed by atoms with Crippen molar-refractivity contribution < 1.29 is 5.85 Å². The smallest absolute Gasteiger partial charge is 0.541 e. The van der Waals surface area contributed by atoms with Gasteiger partial charge in [0.1, 0.15) is 11.4 Å². The Labute approximate surface area is 122 Å². The second-order valence-electron chi connectivity index (χ2n) is 4.66. The Balaban J connectivity index is 0.00000200. The molecule has 0 bridgehead atoms. The van der Waals surface area contributed by atoms with Gasteiger partial charge in [0, 0.05) is 4.88 Å². The fourth-order valence-corrected chi connectivity index (χ4v) is 3.03. The molecule has 1 radical (unpaired) electrons. The van der Waals surface area contributed by atoms with Crippen LogP contribution >= 0.6 is 11.3 Å². The second kappa shape index (κ2) is 6.17. The monoisotopic (exact) mass is 289 g/mol. The van der Waals surface area contributed by atoms with E-state index in [0.29, 0.717) is 0 Å². The van der Waals surface area contributed by atoms with Crippen LogP contribution in [0.25, 0.3) is 0 Å². The second-order valence-corrected chi connectivity index (χ2v) is 7.62. The quantitative estimate of drug-likeness (QED) is 0.577. The number of nitrogens with zero attached hydrogens (tertiary/aromatic N) is 1. The molecule has 0 amide bonds. The molecule has 0 spiro atoms. The molecule has 2 aromatic rings. The summed E-state index contributed by atoms with van der Waals surface area (Å²) in [6.07, 6.45) is 0. The van der Waals surface area contributed by atoms with Crippen molar-refractivity contribution in [2.75, 3.05) is 0 Å². The Morgan fingerprint density at radius 1 is 1.32 bits per heavy atom. The normalized spacial score (nSPS) is 11.9. The van der Waals surface area contributed by atoms with Crippen molar-refractivity contribution in [1.29, 1.82) is 0 Å². The van der Waals surface area contributed by atoms with Crippen molar-refractivity contribution in [3.8, 4) is 5.75 Å². The molecule has 0 aliphatic carbocycles. The zero-order valence-electron chi connectivity index (χ0n) is 12.7. The van der Waals surface area contributed by atoms with Crippen LogP contribution < -0.4 is 4.43 Å². The zero-order chi connectivity index (χ0) is 13.8. The summed E-state index contributed by atoms with van der Waals surface area (Å²) in [7, 11) is -0.777. The molecular weight excluding hydrogens is 270 g/mol. The third-order valence-corrected chi connectivity index (χ3v) is 4.20. The van der Waals surface area contributed by atoms with Crippen molar-refractivity contribution in [3.63, 3.8) is 0 Å². The van der Waals surface area contributed by atoms with Crippen LogP contribution in [0.1, 0.15) is 18.8 Å². The summed E-state index contributed by atoms with van der Waals surface area (Å²) in [6.45, 7) is 8.38. The van der Waals surface area contributed by atoms with E-state index >= 15 is 0 Å². The number of aryl methyl sites for hydroxylation is 1. The predicted molar refractivity (Wildman–Crippen MR) is 86.6 cm³/mol. The fourth-order valence-electron chi connectivity index (χ4n) is 1.74. The van der Waals surface area contributed by atoms with E-state index in [9.17, 15) is 0 Å². The number of benzene rings is 1. The number of thiophene rings is 1. The van der Waals surface area contributed by atoms with Crippen LogP contribution in [-0.4, -0.2) is 14.8 Å². The largest absolute Gasteiger partial charge is 1.00 e. The van der Waals surface area contributed by atoms with Gasteiger partial charge in [-0.25, -0.2) is 4.99 Å². The van der Waals surface area contributed by atoms with E-state index < -0.39 is 9.04 Å². The molecule has 0 aliphatic rings. The zero-order valence-corrected chi connectivity index (χ0v) is 13.5. The Hall–Kier alpha value is -1.39. The number of rotatable bonds is 4. The Bertz CT molecular complexity index is 582. The van der Waals surface area contributed by atoms with Crippen molar-refractivity contribution >= 4 is 31.8 Å². The molecule has 2 rings (SSSR count). The van der Waals surface area contributed by atoms with Crippen LogP contribution in [0.2, 0.25) is 13.1 Å². The first-order valence-corrected chi connectivity index (χ1v) is 9.53. The highest BCUT2D eigenvalue weighted by Crippen LogP contribution is 2.30. The highest BCUT2D eigenvalue weighted by molar-refractivity contribution is 7.12. The number of aliphatic imine (C=N–C) groups is 1. The van der Waals surface area contributed by atoms with Gasteiger partial charge in [-0.2, -0.15) is 0 Å². The van der Waals surface area contributed by atoms with E-state index in [1.54, 1.807) is 11.3 Å². The van der Waals surface area contributed by atoms with Gasteiger partial charge in [0.25, 0.3) is 9.04 Å². The third-order valence-electron chi connectivity index (χ3n) is 2.59. The first-order valence-electron chi connectivity index (χ1n) is 6.24. The van der Waals surface area contributed by atoms with E-state index in [-0.39, 0.29) is 1.43 Å². The van der Waals surface area contributed by atoms with Crippen molar-refractivity contribution in [2.24, 2.45) is 4.99 Å². The maximum Gasteiger partial charge on any atom is 1.00 e. The summed E-state index contributed by atoms with van der Waals surface area (Å²) in [5.74, 6) is 0.889. The molecule has 0 fully saturated rings. The number of hydrogen-bond acceptors (Lipinski definition) is 3. The molecule has 0 saturated carbocycles. The summed E-state index contributed by atoms with van der Waals surface area (Å²) in [5.41, 5.74) is 3.16. The summed E-state index contributed by atoms with van der Waals surface area (Å²) in [5, 5.41) is 2.07. The molecule has 2 nitrogen and oxygen atoms in total. The fraction of sp³-hybridized carbons (Fsp3) is 0.267. The molecule has 0 saturated heterocycles. The van der Waals surface area contributed by atoms with Gasteiger partial charge in [0.05, 0.1) is 5.71 Å². The van der Waals surface area contributed by atoms with Gasteiger partial charge in [-0.05, 0) is 56.1 Å². The molecule has 99 valence electrons. The van der Waals surface area contributed by atoms with Crippen molar-refractivity contribution in [2.45, 2.75) is 26.9 Å². The maximum absolute atomic E-state index is 5.92. The molecule has 0 N–H and O–H groups in total. The standard InChI is InChI=1S/C15H18NOSSi/c1-11-7-8-14(17-19(3)4)13(10-11)16-12(2)15-6-5-9-18-15/h5-10H,1-4H3/p+1. The minimum Gasteiger partial charge on any atom is -0.541 e. The van der Waals surface area contributed by atoms with E-state index in [2.05, 4.69) is 43.6 Å². The lowest BCUT2D eigenvalue weighted by atomic mass is 10.2. The van der Waals surface area contributed by atoms with Gasteiger partial charge in [0.15, 0.2) is 0 Å². The maximum atomic E-state index is 5.92. The van der Waals surface area contributed by atoms with Crippen LogP contribution in [0.5, 0.6) is 5.75 Å². The third kappa shape index (κ3) is 3.78. The lowest BCUT2D eigenvalue weighted by Crippen LogP contribution is -2.11. The topological polar surface area (TPSA) is 21.6 Å². The molecule has 1 aromatic heterocycles. The summed E-state index contributed by atoms with van der Waals surface area (Å²) >= 11 is 1.71. The molecule has 1 heterocycles. The average molecular weight is 289 g/mol. The van der Waals surface area contributed by atoms with Crippen molar-refractivity contribution in [1.82, 2.24) is 0 Å². The molecule has 0 atom stereocenters. The molecule has 0 unspecified atom stereocenters. The van der Waals surface area contributed by atoms with Gasteiger partial charge in [-0.15, -0.1) is 11.3 Å². The van der Waals surface area contributed by atoms with Crippen LogP contribution in [0.4, 0.5) is 5.69 Å². The average Bonchev–Trinajstić information content (AvgIpc) is 2.86. The Morgan fingerprint density at radius 2 is 2.11 bits per heavy atom. The summed E-state index contributed by atoms with van der Waals surface area (Å²) in [4.78, 5) is 5.93. The van der Waals surface area contributed by atoms with Crippen molar-refractivity contribution in [3.05, 3.63) is 46.2 Å². The summed E-state index contributed by atoms with van der Waals surface area (Å²) < 4.78 is 5.92. The van der Waals surface area contributed by atoms with Crippen LogP contribution in [0.3, 0.4) is 0 Å². The van der Waals surface area contributed by atoms with Gasteiger partial charge >= 0.3 is 1.43 Å². The van der Waals surface area contributed by atoms with Gasteiger partial charge in [-0.1, -0.05) is 12.1 Å². The Kier molecular flexibility index (Phi) is 4.55. The molecule has 1 aromatic carbocycles. The summed E-state index contributed by atoms with van der Waals surface area (Å²) in [6, 6.07) is 10.3. The van der Waals surface area contributed by atoms with Crippen LogP contribution in [0.15, 0.2) is 40.7 Å². The van der Waals surface area contributed by atoms with Crippen LogP contribution in [0, 0.1) is 6.92 Å². The minimum absolute atomic E-state index is 0. The van der Waals surface area contributed by atoms with Gasteiger partial charge in [0.2, 0.25) is 0 Å². The first kappa shape index (κ1) is 14.0. The molecular formula is C15H19NOSSi+. The first-order chi connectivity index (χ1) is 9.06. The highest BCUT2D eigenvalue weighted by atomic mass is 32.1.